The van der Waals surface area contributed by atoms with Gasteiger partial charge in [0.15, 0.2) is 0 Å². The Balaban J connectivity index is 2.09. The Kier molecular flexibility index (Phi) is 7.19. The molecule has 21 heavy (non-hydrogen) atoms. The number of amides is 1. The van der Waals surface area contributed by atoms with Crippen molar-refractivity contribution < 1.29 is 19.4 Å². The molecule has 0 fully saturated rings. The average molecular weight is 295 g/mol. The molecule has 0 aromatic heterocycles. The maximum Gasteiger partial charge on any atom is 0.407 e. The summed E-state index contributed by atoms with van der Waals surface area (Å²) in [7, 11) is 0. The molecule has 1 aromatic carbocycles. The number of aliphatic hydroxyl groups is 1. The van der Waals surface area contributed by atoms with E-state index in [9.17, 15) is 9.90 Å². The van der Waals surface area contributed by atoms with Crippen molar-refractivity contribution in [3.8, 4) is 0 Å². The smallest absolute Gasteiger partial charge is 0.407 e. The number of benzene rings is 1. The standard InChI is InChI=1S/C16H25NO4/c1-16(2,3)21-15(19)17-11-14(18)9-10-20-12-13-7-5-4-6-8-13/h4-8,14,18H,9-12H2,1-3H3,(H,17,19). The van der Waals surface area contributed by atoms with Crippen molar-refractivity contribution in [2.24, 2.45) is 0 Å². The Morgan fingerprint density at radius 3 is 2.57 bits per heavy atom. The molecule has 1 atom stereocenters. The van der Waals surface area contributed by atoms with E-state index in [-0.39, 0.29) is 6.54 Å². The van der Waals surface area contributed by atoms with Crippen LogP contribution in [0, 0.1) is 0 Å². The van der Waals surface area contributed by atoms with Gasteiger partial charge < -0.3 is 19.9 Å². The highest BCUT2D eigenvalue weighted by atomic mass is 16.6. The SMILES string of the molecule is CC(C)(C)OC(=O)NCC(O)CCOCc1ccccc1. The second kappa shape index (κ2) is 8.64. The number of carbonyl (C=O) groups is 1. The van der Waals surface area contributed by atoms with Gasteiger partial charge in [0.05, 0.1) is 12.7 Å². The van der Waals surface area contributed by atoms with Gasteiger partial charge in [-0.15, -0.1) is 0 Å². The minimum Gasteiger partial charge on any atom is -0.444 e. The van der Waals surface area contributed by atoms with Crippen LogP contribution in [0.4, 0.5) is 4.79 Å². The molecule has 1 rings (SSSR count). The quantitative estimate of drug-likeness (QED) is 0.758. The van der Waals surface area contributed by atoms with E-state index >= 15 is 0 Å². The molecule has 0 aliphatic heterocycles. The van der Waals surface area contributed by atoms with E-state index in [0.717, 1.165) is 5.56 Å². The molecular formula is C16H25NO4. The van der Waals surface area contributed by atoms with Crippen LogP contribution in [-0.4, -0.2) is 36.1 Å². The molecule has 0 spiro atoms. The van der Waals surface area contributed by atoms with Gasteiger partial charge in [-0.1, -0.05) is 30.3 Å². The third kappa shape index (κ3) is 9.05. The summed E-state index contributed by atoms with van der Waals surface area (Å²) in [5.41, 5.74) is 0.562. The van der Waals surface area contributed by atoms with Gasteiger partial charge in [0, 0.05) is 13.2 Å². The van der Waals surface area contributed by atoms with Crippen molar-refractivity contribution >= 4 is 6.09 Å². The summed E-state index contributed by atoms with van der Waals surface area (Å²) in [5, 5.41) is 12.3. The third-order valence-electron chi connectivity index (χ3n) is 2.59. The molecule has 0 saturated carbocycles. The zero-order valence-corrected chi connectivity index (χ0v) is 13.0. The molecule has 1 aromatic rings. The maximum absolute atomic E-state index is 11.4. The van der Waals surface area contributed by atoms with E-state index in [4.69, 9.17) is 9.47 Å². The van der Waals surface area contributed by atoms with Gasteiger partial charge in [-0.3, -0.25) is 0 Å². The topological polar surface area (TPSA) is 67.8 Å². The Morgan fingerprint density at radius 2 is 1.95 bits per heavy atom. The summed E-state index contributed by atoms with van der Waals surface area (Å²) in [6.07, 6.45) is -0.706. The molecule has 0 aliphatic rings. The van der Waals surface area contributed by atoms with Crippen LogP contribution in [0.2, 0.25) is 0 Å². The number of alkyl carbamates (subject to hydrolysis) is 1. The lowest BCUT2D eigenvalue weighted by Crippen LogP contribution is -2.37. The Labute approximate surface area is 126 Å². The lowest BCUT2D eigenvalue weighted by molar-refractivity contribution is 0.0445. The van der Waals surface area contributed by atoms with Crippen molar-refractivity contribution in [2.45, 2.75) is 45.5 Å². The van der Waals surface area contributed by atoms with Crippen LogP contribution in [0.3, 0.4) is 0 Å². The zero-order chi connectivity index (χ0) is 15.7. The van der Waals surface area contributed by atoms with Crippen molar-refractivity contribution in [1.82, 2.24) is 5.32 Å². The number of aliphatic hydroxyl groups excluding tert-OH is 1. The summed E-state index contributed by atoms with van der Waals surface area (Å²) in [4.78, 5) is 11.4. The zero-order valence-electron chi connectivity index (χ0n) is 13.0. The van der Waals surface area contributed by atoms with Crippen LogP contribution in [0.15, 0.2) is 30.3 Å². The lowest BCUT2D eigenvalue weighted by Gasteiger charge is -2.20. The monoisotopic (exact) mass is 295 g/mol. The molecule has 0 radical (unpaired) electrons. The average Bonchev–Trinajstić information content (AvgIpc) is 2.41. The highest BCUT2D eigenvalue weighted by Gasteiger charge is 2.16. The molecule has 118 valence electrons. The summed E-state index contributed by atoms with van der Waals surface area (Å²) < 4.78 is 10.6. The van der Waals surface area contributed by atoms with Crippen LogP contribution >= 0.6 is 0 Å². The first-order valence-electron chi connectivity index (χ1n) is 7.13. The van der Waals surface area contributed by atoms with Gasteiger partial charge in [-0.25, -0.2) is 4.79 Å². The van der Waals surface area contributed by atoms with Crippen molar-refractivity contribution in [3.05, 3.63) is 35.9 Å². The predicted molar refractivity (Wildman–Crippen MR) is 81.0 cm³/mol. The van der Waals surface area contributed by atoms with Crippen LogP contribution < -0.4 is 5.32 Å². The molecule has 2 N–H and O–H groups in total. The fourth-order valence-electron chi connectivity index (χ4n) is 1.60. The Bertz CT molecular complexity index is 414. The maximum atomic E-state index is 11.4. The van der Waals surface area contributed by atoms with Gasteiger partial charge in [0.1, 0.15) is 5.60 Å². The Morgan fingerprint density at radius 1 is 1.29 bits per heavy atom. The van der Waals surface area contributed by atoms with E-state index in [1.807, 2.05) is 30.3 Å². The van der Waals surface area contributed by atoms with Gasteiger partial charge >= 0.3 is 6.09 Å². The molecule has 0 aliphatic carbocycles. The van der Waals surface area contributed by atoms with Crippen molar-refractivity contribution in [3.63, 3.8) is 0 Å². The van der Waals surface area contributed by atoms with Gasteiger partial charge in [-0.2, -0.15) is 0 Å². The Hall–Kier alpha value is -1.59. The van der Waals surface area contributed by atoms with Gasteiger partial charge in [-0.05, 0) is 32.8 Å². The fraction of sp³-hybridized carbons (Fsp3) is 0.562. The van der Waals surface area contributed by atoms with Crippen LogP contribution in [0.25, 0.3) is 0 Å². The highest BCUT2D eigenvalue weighted by molar-refractivity contribution is 5.67. The van der Waals surface area contributed by atoms with E-state index in [2.05, 4.69) is 5.32 Å². The van der Waals surface area contributed by atoms with E-state index in [1.54, 1.807) is 20.8 Å². The van der Waals surface area contributed by atoms with Gasteiger partial charge in [0.25, 0.3) is 0 Å². The molecule has 0 saturated heterocycles. The number of carbonyl (C=O) groups excluding carboxylic acids is 1. The lowest BCUT2D eigenvalue weighted by atomic mass is 10.2. The predicted octanol–water partition coefficient (Wildman–Crippen LogP) is 2.48. The number of ether oxygens (including phenoxy) is 2. The largest absolute Gasteiger partial charge is 0.444 e. The highest BCUT2D eigenvalue weighted by Crippen LogP contribution is 2.06. The molecule has 5 nitrogen and oxygen atoms in total. The third-order valence-corrected chi connectivity index (χ3v) is 2.59. The summed E-state index contributed by atoms with van der Waals surface area (Å²) in [6.45, 7) is 6.49. The van der Waals surface area contributed by atoms with E-state index in [1.165, 1.54) is 0 Å². The van der Waals surface area contributed by atoms with E-state index < -0.39 is 17.8 Å². The molecular weight excluding hydrogens is 270 g/mol. The number of hydrogen-bond acceptors (Lipinski definition) is 4. The number of hydrogen-bond donors (Lipinski definition) is 2. The first-order chi connectivity index (χ1) is 9.87. The molecule has 0 heterocycles. The van der Waals surface area contributed by atoms with Crippen LogP contribution in [0.5, 0.6) is 0 Å². The van der Waals surface area contributed by atoms with Crippen molar-refractivity contribution in [2.75, 3.05) is 13.2 Å². The van der Waals surface area contributed by atoms with Gasteiger partial charge in [0.2, 0.25) is 0 Å². The minimum atomic E-state index is -0.645. The fourth-order valence-corrected chi connectivity index (χ4v) is 1.60. The van der Waals surface area contributed by atoms with Crippen molar-refractivity contribution in [1.29, 1.82) is 0 Å². The van der Waals surface area contributed by atoms with E-state index in [0.29, 0.717) is 19.6 Å². The molecule has 1 amide bonds. The second-order valence-corrected chi connectivity index (χ2v) is 5.86. The summed E-state index contributed by atoms with van der Waals surface area (Å²) in [5.74, 6) is 0. The summed E-state index contributed by atoms with van der Waals surface area (Å²) in [6, 6.07) is 9.84. The number of rotatable bonds is 7. The summed E-state index contributed by atoms with van der Waals surface area (Å²) >= 11 is 0. The minimum absolute atomic E-state index is 0.156. The van der Waals surface area contributed by atoms with Crippen LogP contribution in [-0.2, 0) is 16.1 Å². The number of nitrogens with one attached hydrogen (secondary N) is 1. The molecule has 0 bridgehead atoms. The normalized spacial score (nSPS) is 12.8. The first kappa shape index (κ1) is 17.5. The first-order valence-corrected chi connectivity index (χ1v) is 7.13. The van der Waals surface area contributed by atoms with Crippen LogP contribution in [0.1, 0.15) is 32.8 Å². The second-order valence-electron chi connectivity index (χ2n) is 5.86. The molecule has 1 unspecified atom stereocenters. The molecule has 5 heteroatoms.